The van der Waals surface area contributed by atoms with E-state index in [0.29, 0.717) is 21.3 Å². The van der Waals surface area contributed by atoms with E-state index in [1.165, 1.54) is 6.07 Å². The quantitative estimate of drug-likeness (QED) is 0.813. The summed E-state index contributed by atoms with van der Waals surface area (Å²) in [4.78, 5) is 12.1. The molecular formula is C14H11Cl2NO2. The van der Waals surface area contributed by atoms with Gasteiger partial charge in [0.1, 0.15) is 5.75 Å². The Morgan fingerprint density at radius 1 is 1.11 bits per heavy atom. The molecule has 19 heavy (non-hydrogen) atoms. The summed E-state index contributed by atoms with van der Waals surface area (Å²) in [7, 11) is 0. The van der Waals surface area contributed by atoms with Crippen LogP contribution in [0.5, 0.6) is 5.75 Å². The van der Waals surface area contributed by atoms with Crippen LogP contribution in [0, 0.1) is 6.92 Å². The van der Waals surface area contributed by atoms with Crippen molar-refractivity contribution in [1.29, 1.82) is 0 Å². The number of halogens is 2. The van der Waals surface area contributed by atoms with E-state index in [4.69, 9.17) is 23.2 Å². The number of hydrogen-bond acceptors (Lipinski definition) is 2. The first-order chi connectivity index (χ1) is 8.95. The van der Waals surface area contributed by atoms with E-state index in [1.807, 2.05) is 0 Å². The molecule has 2 aromatic rings. The zero-order chi connectivity index (χ0) is 14.0. The zero-order valence-electron chi connectivity index (χ0n) is 10.1. The lowest BCUT2D eigenvalue weighted by molar-refractivity contribution is 0.102. The van der Waals surface area contributed by atoms with E-state index < -0.39 is 0 Å². The lowest BCUT2D eigenvalue weighted by Gasteiger charge is -2.09. The number of rotatable bonds is 2. The Bertz CT molecular complexity index is 621. The molecule has 0 fully saturated rings. The highest BCUT2D eigenvalue weighted by Crippen LogP contribution is 2.23. The normalized spacial score (nSPS) is 10.3. The van der Waals surface area contributed by atoms with E-state index in [9.17, 15) is 9.90 Å². The van der Waals surface area contributed by atoms with Gasteiger partial charge in [-0.15, -0.1) is 0 Å². The summed E-state index contributed by atoms with van der Waals surface area (Å²) < 4.78 is 0. The third-order valence-electron chi connectivity index (χ3n) is 2.58. The van der Waals surface area contributed by atoms with Gasteiger partial charge in [-0.25, -0.2) is 0 Å². The molecule has 0 atom stereocenters. The van der Waals surface area contributed by atoms with Crippen molar-refractivity contribution in [2.24, 2.45) is 0 Å². The minimum Gasteiger partial charge on any atom is -0.508 e. The smallest absolute Gasteiger partial charge is 0.255 e. The Kier molecular flexibility index (Phi) is 3.98. The van der Waals surface area contributed by atoms with Gasteiger partial charge in [0.25, 0.3) is 5.91 Å². The number of anilines is 1. The largest absolute Gasteiger partial charge is 0.508 e. The Hall–Kier alpha value is -1.71. The molecule has 1 amide bonds. The van der Waals surface area contributed by atoms with Gasteiger partial charge >= 0.3 is 0 Å². The first-order valence-electron chi connectivity index (χ1n) is 5.53. The lowest BCUT2D eigenvalue weighted by atomic mass is 10.1. The van der Waals surface area contributed by atoms with Crippen molar-refractivity contribution in [3.8, 4) is 5.75 Å². The lowest BCUT2D eigenvalue weighted by Crippen LogP contribution is -2.12. The number of amides is 1. The van der Waals surface area contributed by atoms with E-state index in [1.54, 1.807) is 37.3 Å². The van der Waals surface area contributed by atoms with Crippen LogP contribution in [0.25, 0.3) is 0 Å². The summed E-state index contributed by atoms with van der Waals surface area (Å²) in [5.41, 5.74) is 1.77. The monoisotopic (exact) mass is 295 g/mol. The second-order valence-corrected chi connectivity index (χ2v) is 4.98. The molecule has 2 rings (SSSR count). The molecule has 5 heteroatoms. The second-order valence-electron chi connectivity index (χ2n) is 4.11. The first-order valence-corrected chi connectivity index (χ1v) is 6.28. The number of carbonyl (C=O) groups is 1. The van der Waals surface area contributed by atoms with Crippen LogP contribution < -0.4 is 5.32 Å². The molecule has 3 nitrogen and oxygen atoms in total. The Labute approximate surface area is 120 Å². The fraction of sp³-hybridized carbons (Fsp3) is 0.0714. The SMILES string of the molecule is Cc1cc(O)ccc1NC(=O)c1cc(Cl)cc(Cl)c1. The van der Waals surface area contributed by atoms with Crippen molar-refractivity contribution in [3.63, 3.8) is 0 Å². The molecule has 0 radical (unpaired) electrons. The average Bonchev–Trinajstić information content (AvgIpc) is 2.31. The van der Waals surface area contributed by atoms with E-state index in [0.717, 1.165) is 5.56 Å². The highest BCUT2D eigenvalue weighted by molar-refractivity contribution is 6.35. The molecule has 0 bridgehead atoms. The summed E-state index contributed by atoms with van der Waals surface area (Å²) in [5.74, 6) is -0.153. The molecule has 0 aliphatic carbocycles. The van der Waals surface area contributed by atoms with Crippen molar-refractivity contribution in [2.45, 2.75) is 6.92 Å². The molecule has 0 heterocycles. The van der Waals surface area contributed by atoms with Gasteiger partial charge in [-0.05, 0) is 48.9 Å². The van der Waals surface area contributed by atoms with Crippen molar-refractivity contribution in [2.75, 3.05) is 5.32 Å². The number of benzene rings is 2. The molecule has 0 saturated heterocycles. The molecule has 2 N–H and O–H groups in total. The number of carbonyl (C=O) groups excluding carboxylic acids is 1. The third kappa shape index (κ3) is 3.40. The average molecular weight is 296 g/mol. The summed E-state index contributed by atoms with van der Waals surface area (Å²) >= 11 is 11.7. The van der Waals surface area contributed by atoms with Gasteiger partial charge < -0.3 is 10.4 Å². The van der Waals surface area contributed by atoms with Gasteiger partial charge in [0, 0.05) is 21.3 Å². The van der Waals surface area contributed by atoms with Crippen LogP contribution in [0.15, 0.2) is 36.4 Å². The minimum absolute atomic E-state index is 0.154. The number of phenols is 1. The van der Waals surface area contributed by atoms with Gasteiger partial charge in [-0.1, -0.05) is 23.2 Å². The van der Waals surface area contributed by atoms with Gasteiger partial charge in [0.05, 0.1) is 0 Å². The molecule has 0 saturated carbocycles. The van der Waals surface area contributed by atoms with Crippen LogP contribution in [-0.4, -0.2) is 11.0 Å². The number of aryl methyl sites for hydroxylation is 1. The molecule has 2 aromatic carbocycles. The number of aromatic hydroxyl groups is 1. The number of nitrogens with one attached hydrogen (secondary N) is 1. The van der Waals surface area contributed by atoms with Crippen molar-refractivity contribution < 1.29 is 9.90 Å². The molecule has 0 spiro atoms. The fourth-order valence-electron chi connectivity index (χ4n) is 1.67. The van der Waals surface area contributed by atoms with Crippen LogP contribution in [0.2, 0.25) is 10.0 Å². The van der Waals surface area contributed by atoms with Crippen molar-refractivity contribution in [1.82, 2.24) is 0 Å². The van der Waals surface area contributed by atoms with Gasteiger partial charge in [-0.3, -0.25) is 4.79 Å². The Morgan fingerprint density at radius 2 is 1.74 bits per heavy atom. The zero-order valence-corrected chi connectivity index (χ0v) is 11.6. The molecule has 98 valence electrons. The van der Waals surface area contributed by atoms with E-state index in [-0.39, 0.29) is 11.7 Å². The van der Waals surface area contributed by atoms with E-state index >= 15 is 0 Å². The predicted molar refractivity (Wildman–Crippen MR) is 77.3 cm³/mol. The third-order valence-corrected chi connectivity index (χ3v) is 3.02. The van der Waals surface area contributed by atoms with Gasteiger partial charge in [-0.2, -0.15) is 0 Å². The topological polar surface area (TPSA) is 49.3 Å². The fourth-order valence-corrected chi connectivity index (χ4v) is 2.19. The maximum absolute atomic E-state index is 12.1. The highest BCUT2D eigenvalue weighted by Gasteiger charge is 2.09. The van der Waals surface area contributed by atoms with Crippen LogP contribution in [0.4, 0.5) is 5.69 Å². The van der Waals surface area contributed by atoms with Gasteiger partial charge in [0.15, 0.2) is 0 Å². The van der Waals surface area contributed by atoms with Crippen molar-refractivity contribution >= 4 is 34.8 Å². The van der Waals surface area contributed by atoms with Crippen LogP contribution >= 0.6 is 23.2 Å². The van der Waals surface area contributed by atoms with Crippen LogP contribution in [0.1, 0.15) is 15.9 Å². The van der Waals surface area contributed by atoms with Gasteiger partial charge in [0.2, 0.25) is 0 Å². The molecule has 0 aliphatic rings. The second kappa shape index (κ2) is 5.51. The van der Waals surface area contributed by atoms with Crippen LogP contribution in [-0.2, 0) is 0 Å². The Balaban J connectivity index is 2.25. The predicted octanol–water partition coefficient (Wildman–Crippen LogP) is 4.26. The Morgan fingerprint density at radius 3 is 2.32 bits per heavy atom. The summed E-state index contributed by atoms with van der Waals surface area (Å²) in [6.07, 6.45) is 0. The maximum Gasteiger partial charge on any atom is 0.255 e. The summed E-state index contributed by atoms with van der Waals surface area (Å²) in [6, 6.07) is 9.35. The highest BCUT2D eigenvalue weighted by atomic mass is 35.5. The first kappa shape index (κ1) is 13.7. The maximum atomic E-state index is 12.1. The summed E-state index contributed by atoms with van der Waals surface area (Å²) in [5, 5.41) is 12.9. The number of phenolic OH excluding ortho intramolecular Hbond substituents is 1. The van der Waals surface area contributed by atoms with E-state index in [2.05, 4.69) is 5.32 Å². The standard InChI is InChI=1S/C14H11Cl2NO2/c1-8-4-12(18)2-3-13(8)17-14(19)9-5-10(15)7-11(16)6-9/h2-7,18H,1H3,(H,17,19). The number of hydrogen-bond donors (Lipinski definition) is 2. The van der Waals surface area contributed by atoms with Crippen molar-refractivity contribution in [3.05, 3.63) is 57.6 Å². The molecular weight excluding hydrogens is 285 g/mol. The molecule has 0 unspecified atom stereocenters. The summed E-state index contributed by atoms with van der Waals surface area (Å²) in [6.45, 7) is 1.79. The van der Waals surface area contributed by atoms with Crippen LogP contribution in [0.3, 0.4) is 0 Å². The molecule has 0 aromatic heterocycles. The molecule has 0 aliphatic heterocycles. The minimum atomic E-state index is -0.307.